The van der Waals surface area contributed by atoms with E-state index in [4.69, 9.17) is 10.9 Å². The summed E-state index contributed by atoms with van der Waals surface area (Å²) in [7, 11) is -3.82. The number of carbonyl (C=O) groups is 1. The lowest BCUT2D eigenvalue weighted by Crippen LogP contribution is -2.31. The zero-order valence-corrected chi connectivity index (χ0v) is 11.0. The van der Waals surface area contributed by atoms with E-state index in [0.29, 0.717) is 11.7 Å². The Labute approximate surface area is 111 Å². The number of anilines is 2. The Balaban J connectivity index is 1.97. The largest absolute Gasteiger partial charge is 0.398 e. The number of rotatable bonds is 5. The molecule has 104 valence electrons. The SMILES string of the molecule is Nc1cc(NCC(=O)NC2CC2)ccc1S(N)(=O)=O. The maximum Gasteiger partial charge on any atom is 0.240 e. The molecule has 0 saturated heterocycles. The van der Waals surface area contributed by atoms with Gasteiger partial charge in [0.15, 0.2) is 0 Å². The third-order valence-electron chi connectivity index (χ3n) is 2.71. The molecule has 1 fully saturated rings. The molecule has 6 N–H and O–H groups in total. The molecule has 19 heavy (non-hydrogen) atoms. The van der Waals surface area contributed by atoms with Crippen LogP contribution in [0.25, 0.3) is 0 Å². The second kappa shape index (κ2) is 5.06. The molecule has 0 atom stereocenters. The first-order valence-corrected chi connectivity index (χ1v) is 7.36. The van der Waals surface area contributed by atoms with E-state index in [1.54, 1.807) is 0 Å². The lowest BCUT2D eigenvalue weighted by atomic mass is 10.3. The summed E-state index contributed by atoms with van der Waals surface area (Å²) in [6, 6.07) is 4.57. The first-order chi connectivity index (χ1) is 8.86. The number of nitrogens with one attached hydrogen (secondary N) is 2. The van der Waals surface area contributed by atoms with Gasteiger partial charge in [0.25, 0.3) is 0 Å². The predicted molar refractivity (Wildman–Crippen MR) is 71.9 cm³/mol. The van der Waals surface area contributed by atoms with Crippen LogP contribution in [0.2, 0.25) is 0 Å². The van der Waals surface area contributed by atoms with E-state index in [2.05, 4.69) is 10.6 Å². The van der Waals surface area contributed by atoms with Crippen molar-refractivity contribution >= 4 is 27.3 Å². The molecule has 0 bridgehead atoms. The number of benzene rings is 1. The van der Waals surface area contributed by atoms with Crippen LogP contribution in [0.4, 0.5) is 11.4 Å². The third-order valence-corrected chi connectivity index (χ3v) is 3.70. The number of hydrogen-bond donors (Lipinski definition) is 4. The fourth-order valence-corrected chi connectivity index (χ4v) is 2.25. The van der Waals surface area contributed by atoms with Gasteiger partial charge in [0, 0.05) is 11.7 Å². The molecule has 8 heteroatoms. The minimum atomic E-state index is -3.82. The van der Waals surface area contributed by atoms with Gasteiger partial charge in [-0.3, -0.25) is 4.79 Å². The van der Waals surface area contributed by atoms with Crippen molar-refractivity contribution in [3.05, 3.63) is 18.2 Å². The van der Waals surface area contributed by atoms with Crippen LogP contribution in [-0.4, -0.2) is 26.9 Å². The molecule has 1 aromatic rings. The summed E-state index contributed by atoms with van der Waals surface area (Å²) >= 11 is 0. The van der Waals surface area contributed by atoms with Crippen molar-refractivity contribution in [1.29, 1.82) is 0 Å². The number of amides is 1. The molecule has 0 heterocycles. The number of nitrogens with two attached hydrogens (primary N) is 2. The lowest BCUT2D eigenvalue weighted by Gasteiger charge is -2.09. The number of carbonyl (C=O) groups excluding carboxylic acids is 1. The van der Waals surface area contributed by atoms with E-state index in [1.165, 1.54) is 18.2 Å². The van der Waals surface area contributed by atoms with E-state index < -0.39 is 10.0 Å². The lowest BCUT2D eigenvalue weighted by molar-refractivity contribution is -0.119. The van der Waals surface area contributed by atoms with Crippen molar-refractivity contribution in [3.8, 4) is 0 Å². The smallest absolute Gasteiger partial charge is 0.240 e. The van der Waals surface area contributed by atoms with Crippen LogP contribution in [0.1, 0.15) is 12.8 Å². The van der Waals surface area contributed by atoms with Gasteiger partial charge in [-0.1, -0.05) is 0 Å². The molecule has 1 aromatic carbocycles. The van der Waals surface area contributed by atoms with Crippen LogP contribution >= 0.6 is 0 Å². The normalized spacial score (nSPS) is 15.0. The number of sulfonamides is 1. The molecular weight excluding hydrogens is 268 g/mol. The monoisotopic (exact) mass is 284 g/mol. The number of nitrogen functional groups attached to an aromatic ring is 1. The maximum atomic E-state index is 11.5. The molecule has 0 radical (unpaired) electrons. The van der Waals surface area contributed by atoms with Crippen LogP contribution in [0, 0.1) is 0 Å². The highest BCUT2D eigenvalue weighted by molar-refractivity contribution is 7.89. The van der Waals surface area contributed by atoms with Gasteiger partial charge in [-0.2, -0.15) is 0 Å². The molecule has 1 aliphatic carbocycles. The molecule has 0 aliphatic heterocycles. The van der Waals surface area contributed by atoms with E-state index in [9.17, 15) is 13.2 Å². The van der Waals surface area contributed by atoms with E-state index >= 15 is 0 Å². The maximum absolute atomic E-state index is 11.5. The Morgan fingerprint density at radius 1 is 1.37 bits per heavy atom. The highest BCUT2D eigenvalue weighted by atomic mass is 32.2. The number of primary sulfonamides is 1. The summed E-state index contributed by atoms with van der Waals surface area (Å²) in [6.45, 7) is 0.116. The van der Waals surface area contributed by atoms with Gasteiger partial charge >= 0.3 is 0 Å². The highest BCUT2D eigenvalue weighted by Crippen LogP contribution is 2.21. The standard InChI is InChI=1S/C11H16N4O3S/c12-9-5-8(3-4-10(9)19(13,17)18)14-6-11(16)15-7-1-2-7/h3-5,7,14H,1-2,6,12H2,(H,15,16)(H2,13,17,18). The van der Waals surface area contributed by atoms with Gasteiger partial charge in [-0.15, -0.1) is 0 Å². The Morgan fingerprint density at radius 3 is 2.58 bits per heavy atom. The minimum Gasteiger partial charge on any atom is -0.398 e. The third kappa shape index (κ3) is 3.83. The van der Waals surface area contributed by atoms with Crippen molar-refractivity contribution in [2.75, 3.05) is 17.6 Å². The van der Waals surface area contributed by atoms with Crippen LogP contribution < -0.4 is 21.5 Å². The number of hydrogen-bond acceptors (Lipinski definition) is 5. The molecule has 7 nitrogen and oxygen atoms in total. The van der Waals surface area contributed by atoms with Gasteiger partial charge in [0.1, 0.15) is 4.90 Å². The summed E-state index contributed by atoms with van der Waals surface area (Å²) in [4.78, 5) is 11.3. The van der Waals surface area contributed by atoms with Gasteiger partial charge in [-0.25, -0.2) is 13.6 Å². The topological polar surface area (TPSA) is 127 Å². The summed E-state index contributed by atoms with van der Waals surface area (Å²) < 4.78 is 22.3. The molecule has 1 saturated carbocycles. The Morgan fingerprint density at radius 2 is 2.05 bits per heavy atom. The Hall–Kier alpha value is -1.80. The molecule has 0 unspecified atom stereocenters. The second-order valence-corrected chi connectivity index (χ2v) is 6.02. The van der Waals surface area contributed by atoms with Gasteiger partial charge in [-0.05, 0) is 31.0 Å². The highest BCUT2D eigenvalue weighted by Gasteiger charge is 2.22. The summed E-state index contributed by atoms with van der Waals surface area (Å²) in [5.41, 5.74) is 6.22. The van der Waals surface area contributed by atoms with E-state index in [-0.39, 0.29) is 23.0 Å². The first-order valence-electron chi connectivity index (χ1n) is 5.82. The summed E-state index contributed by atoms with van der Waals surface area (Å²) in [6.07, 6.45) is 2.06. The molecule has 0 aromatic heterocycles. The summed E-state index contributed by atoms with van der Waals surface area (Å²) in [5, 5.41) is 10.7. The quantitative estimate of drug-likeness (QED) is 0.547. The summed E-state index contributed by atoms with van der Waals surface area (Å²) in [5.74, 6) is -0.100. The Kier molecular flexibility index (Phi) is 3.63. The van der Waals surface area contributed by atoms with Gasteiger partial charge in [0.05, 0.1) is 12.2 Å². The fraction of sp³-hybridized carbons (Fsp3) is 0.364. The fourth-order valence-electron chi connectivity index (χ4n) is 1.61. The predicted octanol–water partition coefficient (Wildman–Crippen LogP) is -0.393. The second-order valence-electron chi connectivity index (χ2n) is 4.49. The minimum absolute atomic E-state index is 0.0510. The molecule has 0 spiro atoms. The Bertz CT molecular complexity index is 596. The van der Waals surface area contributed by atoms with Crippen molar-refractivity contribution in [3.63, 3.8) is 0 Å². The first kappa shape index (κ1) is 13.6. The van der Waals surface area contributed by atoms with Crippen molar-refractivity contribution in [2.24, 2.45) is 5.14 Å². The van der Waals surface area contributed by atoms with Crippen molar-refractivity contribution < 1.29 is 13.2 Å². The van der Waals surface area contributed by atoms with Gasteiger partial charge in [0.2, 0.25) is 15.9 Å². The van der Waals surface area contributed by atoms with Crippen LogP contribution in [0.15, 0.2) is 23.1 Å². The van der Waals surface area contributed by atoms with Crippen LogP contribution in [-0.2, 0) is 14.8 Å². The molecule has 2 rings (SSSR count). The van der Waals surface area contributed by atoms with E-state index in [1.807, 2.05) is 0 Å². The van der Waals surface area contributed by atoms with Crippen LogP contribution in [0.5, 0.6) is 0 Å². The molecular formula is C11H16N4O3S. The van der Waals surface area contributed by atoms with Crippen LogP contribution in [0.3, 0.4) is 0 Å². The van der Waals surface area contributed by atoms with E-state index in [0.717, 1.165) is 12.8 Å². The van der Waals surface area contributed by atoms with Crippen molar-refractivity contribution in [2.45, 2.75) is 23.8 Å². The van der Waals surface area contributed by atoms with Gasteiger partial charge < -0.3 is 16.4 Å². The average Bonchev–Trinajstić information content (AvgIpc) is 3.08. The molecule has 1 aliphatic rings. The average molecular weight is 284 g/mol. The zero-order valence-electron chi connectivity index (χ0n) is 10.2. The molecule has 1 amide bonds. The zero-order chi connectivity index (χ0) is 14.0. The van der Waals surface area contributed by atoms with Crippen molar-refractivity contribution in [1.82, 2.24) is 5.32 Å².